The smallest absolute Gasteiger partial charge is 0.0100 e. The molecule has 0 fully saturated rings. The molecule has 0 nitrogen and oxygen atoms in total. The number of rotatable bonds is 3. The van der Waals surface area contributed by atoms with Gasteiger partial charge in [-0.3, -0.25) is 0 Å². The molecule has 0 unspecified atom stereocenters. The fourth-order valence-corrected chi connectivity index (χ4v) is 1.25. The molecule has 0 atom stereocenters. The summed E-state index contributed by atoms with van der Waals surface area (Å²) >= 11 is 0. The third kappa shape index (κ3) is 2.23. The second-order valence-corrected chi connectivity index (χ2v) is 3.39. The second-order valence-electron chi connectivity index (χ2n) is 3.39. The Morgan fingerprint density at radius 2 is 2.17 bits per heavy atom. The molecular formula is C12H16. The maximum Gasteiger partial charge on any atom is -0.0100 e. The second kappa shape index (κ2) is 4.10. The largest absolute Gasteiger partial charge is 0.103 e. The van der Waals surface area contributed by atoms with Crippen LogP contribution in [-0.2, 0) is 6.42 Å². The number of allylic oxidation sites excluding steroid dienone is 1. The molecule has 0 N–H and O–H groups in total. The summed E-state index contributed by atoms with van der Waals surface area (Å²) in [5, 5.41) is 0. The molecule has 1 aromatic carbocycles. The Balaban J connectivity index is 2.87. The van der Waals surface area contributed by atoms with Crippen LogP contribution in [0.25, 0.3) is 0 Å². The lowest BCUT2D eigenvalue weighted by Gasteiger charge is -2.06. The minimum absolute atomic E-state index is 0.620. The molecule has 1 aromatic rings. The summed E-state index contributed by atoms with van der Waals surface area (Å²) in [7, 11) is 0. The van der Waals surface area contributed by atoms with Crippen molar-refractivity contribution in [2.24, 2.45) is 0 Å². The summed E-state index contributed by atoms with van der Waals surface area (Å²) in [4.78, 5) is 0. The van der Waals surface area contributed by atoms with Gasteiger partial charge in [0.25, 0.3) is 0 Å². The molecule has 0 saturated heterocycles. The summed E-state index contributed by atoms with van der Waals surface area (Å²) in [5.74, 6) is 0.620. The Morgan fingerprint density at radius 3 is 2.75 bits per heavy atom. The molecular weight excluding hydrogens is 144 g/mol. The standard InChI is InChI=1S/C12H16/c1-4-6-11-7-5-8-12(9-11)10(2)3/h4-5,7-10H,1,6H2,2-3H3. The van der Waals surface area contributed by atoms with Crippen LogP contribution < -0.4 is 0 Å². The molecule has 0 spiro atoms. The average molecular weight is 160 g/mol. The van der Waals surface area contributed by atoms with Crippen LogP contribution in [-0.4, -0.2) is 0 Å². The summed E-state index contributed by atoms with van der Waals surface area (Å²) in [6.07, 6.45) is 2.92. The third-order valence-electron chi connectivity index (χ3n) is 2.00. The lowest BCUT2D eigenvalue weighted by Crippen LogP contribution is -1.89. The molecule has 0 saturated carbocycles. The van der Waals surface area contributed by atoms with Gasteiger partial charge in [-0.15, -0.1) is 6.58 Å². The predicted molar refractivity (Wildman–Crippen MR) is 54.4 cm³/mol. The van der Waals surface area contributed by atoms with Crippen molar-refractivity contribution in [3.63, 3.8) is 0 Å². The van der Waals surface area contributed by atoms with E-state index in [1.807, 2.05) is 6.08 Å². The van der Waals surface area contributed by atoms with Crippen LogP contribution in [0.15, 0.2) is 36.9 Å². The molecule has 12 heavy (non-hydrogen) atoms. The van der Waals surface area contributed by atoms with Crippen molar-refractivity contribution in [1.29, 1.82) is 0 Å². The minimum atomic E-state index is 0.620. The first kappa shape index (κ1) is 9.05. The Bertz CT molecular complexity index is 258. The quantitative estimate of drug-likeness (QED) is 0.593. The van der Waals surface area contributed by atoms with E-state index in [4.69, 9.17) is 0 Å². The first-order chi connectivity index (χ1) is 5.74. The fraction of sp³-hybridized carbons (Fsp3) is 0.333. The van der Waals surface area contributed by atoms with Gasteiger partial charge in [0.2, 0.25) is 0 Å². The maximum absolute atomic E-state index is 3.73. The average Bonchev–Trinajstić information content (AvgIpc) is 2.05. The molecule has 0 aliphatic rings. The van der Waals surface area contributed by atoms with Gasteiger partial charge in [-0.2, -0.15) is 0 Å². The van der Waals surface area contributed by atoms with Crippen LogP contribution in [0.2, 0.25) is 0 Å². The van der Waals surface area contributed by atoms with E-state index >= 15 is 0 Å². The van der Waals surface area contributed by atoms with E-state index in [-0.39, 0.29) is 0 Å². The van der Waals surface area contributed by atoms with Gasteiger partial charge in [-0.1, -0.05) is 44.2 Å². The highest BCUT2D eigenvalue weighted by molar-refractivity contribution is 5.26. The fourth-order valence-electron chi connectivity index (χ4n) is 1.25. The zero-order valence-corrected chi connectivity index (χ0v) is 7.88. The zero-order chi connectivity index (χ0) is 8.97. The molecule has 1 rings (SSSR count). The molecule has 0 radical (unpaired) electrons. The van der Waals surface area contributed by atoms with Gasteiger partial charge in [0, 0.05) is 0 Å². The summed E-state index contributed by atoms with van der Waals surface area (Å²) in [6, 6.07) is 8.70. The van der Waals surface area contributed by atoms with E-state index in [0.717, 1.165) is 6.42 Å². The van der Waals surface area contributed by atoms with Gasteiger partial charge in [-0.05, 0) is 23.5 Å². The summed E-state index contributed by atoms with van der Waals surface area (Å²) < 4.78 is 0. The van der Waals surface area contributed by atoms with Crippen molar-refractivity contribution < 1.29 is 0 Å². The topological polar surface area (TPSA) is 0 Å². The van der Waals surface area contributed by atoms with E-state index in [2.05, 4.69) is 44.7 Å². The highest BCUT2D eigenvalue weighted by Crippen LogP contribution is 2.15. The zero-order valence-electron chi connectivity index (χ0n) is 7.88. The Hall–Kier alpha value is -1.04. The van der Waals surface area contributed by atoms with Gasteiger partial charge >= 0.3 is 0 Å². The lowest BCUT2D eigenvalue weighted by molar-refractivity contribution is 0.864. The Kier molecular flexibility index (Phi) is 3.09. The van der Waals surface area contributed by atoms with Gasteiger partial charge in [0.1, 0.15) is 0 Å². The SMILES string of the molecule is C=CCc1cccc(C(C)C)c1. The number of benzene rings is 1. The van der Waals surface area contributed by atoms with Crippen molar-refractivity contribution >= 4 is 0 Å². The highest BCUT2D eigenvalue weighted by atomic mass is 14.0. The number of hydrogen-bond acceptors (Lipinski definition) is 0. The van der Waals surface area contributed by atoms with Crippen LogP contribution in [0.5, 0.6) is 0 Å². The van der Waals surface area contributed by atoms with E-state index in [0.29, 0.717) is 5.92 Å². The van der Waals surface area contributed by atoms with Gasteiger partial charge in [-0.25, -0.2) is 0 Å². The highest BCUT2D eigenvalue weighted by Gasteiger charge is 1.98. The van der Waals surface area contributed by atoms with Crippen LogP contribution in [0.1, 0.15) is 30.9 Å². The van der Waals surface area contributed by atoms with Gasteiger partial charge in [0.05, 0.1) is 0 Å². The minimum Gasteiger partial charge on any atom is -0.103 e. The first-order valence-electron chi connectivity index (χ1n) is 4.43. The summed E-state index contributed by atoms with van der Waals surface area (Å²) in [5.41, 5.74) is 2.77. The number of hydrogen-bond donors (Lipinski definition) is 0. The molecule has 0 aliphatic carbocycles. The van der Waals surface area contributed by atoms with Gasteiger partial charge < -0.3 is 0 Å². The van der Waals surface area contributed by atoms with E-state index < -0.39 is 0 Å². The molecule has 0 aromatic heterocycles. The maximum atomic E-state index is 3.73. The van der Waals surface area contributed by atoms with E-state index in [9.17, 15) is 0 Å². The molecule has 0 heteroatoms. The van der Waals surface area contributed by atoms with Crippen molar-refractivity contribution in [2.75, 3.05) is 0 Å². The van der Waals surface area contributed by atoms with Crippen molar-refractivity contribution in [3.8, 4) is 0 Å². The van der Waals surface area contributed by atoms with Crippen LogP contribution in [0.4, 0.5) is 0 Å². The van der Waals surface area contributed by atoms with Crippen molar-refractivity contribution in [3.05, 3.63) is 48.0 Å². The van der Waals surface area contributed by atoms with Crippen LogP contribution >= 0.6 is 0 Å². The Morgan fingerprint density at radius 1 is 1.42 bits per heavy atom. The molecule has 64 valence electrons. The first-order valence-corrected chi connectivity index (χ1v) is 4.43. The normalized spacial score (nSPS) is 10.2. The van der Waals surface area contributed by atoms with Crippen LogP contribution in [0.3, 0.4) is 0 Å². The van der Waals surface area contributed by atoms with Crippen LogP contribution in [0, 0.1) is 0 Å². The monoisotopic (exact) mass is 160 g/mol. The van der Waals surface area contributed by atoms with Crippen molar-refractivity contribution in [1.82, 2.24) is 0 Å². The summed E-state index contributed by atoms with van der Waals surface area (Å²) in [6.45, 7) is 8.16. The third-order valence-corrected chi connectivity index (χ3v) is 2.00. The van der Waals surface area contributed by atoms with E-state index in [1.165, 1.54) is 11.1 Å². The molecule has 0 heterocycles. The Labute approximate surface area is 74.9 Å². The van der Waals surface area contributed by atoms with E-state index in [1.54, 1.807) is 0 Å². The lowest BCUT2D eigenvalue weighted by atomic mass is 10.00. The predicted octanol–water partition coefficient (Wildman–Crippen LogP) is 3.54. The molecule has 0 bridgehead atoms. The van der Waals surface area contributed by atoms with Crippen molar-refractivity contribution in [2.45, 2.75) is 26.2 Å². The molecule has 0 aliphatic heterocycles. The molecule has 0 amide bonds. The van der Waals surface area contributed by atoms with Gasteiger partial charge in [0.15, 0.2) is 0 Å².